The molecule has 0 aromatic heterocycles. The summed E-state index contributed by atoms with van der Waals surface area (Å²) in [6, 6.07) is 13.5. The summed E-state index contributed by atoms with van der Waals surface area (Å²) in [5.74, 6) is -2.60. The van der Waals surface area contributed by atoms with Crippen molar-refractivity contribution in [1.82, 2.24) is 10.6 Å². The number of hydrogen-bond donors (Lipinski definition) is 3. The second-order valence-electron chi connectivity index (χ2n) is 8.61. The van der Waals surface area contributed by atoms with Crippen LogP contribution in [0.3, 0.4) is 0 Å². The Bertz CT molecular complexity index is 998. The van der Waals surface area contributed by atoms with E-state index < -0.39 is 42.9 Å². The van der Waals surface area contributed by atoms with E-state index in [2.05, 4.69) is 10.6 Å². The summed E-state index contributed by atoms with van der Waals surface area (Å²) in [7, 11) is 0. The molecule has 0 saturated heterocycles. The molecule has 34 heavy (non-hydrogen) atoms. The molecular weight excluding hydrogens is 446 g/mol. The fourth-order valence-corrected chi connectivity index (χ4v) is 4.10. The van der Waals surface area contributed by atoms with E-state index in [0.717, 1.165) is 22.3 Å². The molecule has 1 aliphatic rings. The Hall–Kier alpha value is -3.49. The fourth-order valence-electron chi connectivity index (χ4n) is 4.10. The first-order valence-corrected chi connectivity index (χ1v) is 11.1. The number of carbonyl (C=O) groups is 3. The molecule has 0 heterocycles. The minimum absolute atomic E-state index is 0.104. The number of benzene rings is 2. The van der Waals surface area contributed by atoms with E-state index in [0.29, 0.717) is 0 Å². The molecule has 0 fully saturated rings. The molecule has 2 atom stereocenters. The van der Waals surface area contributed by atoms with Crippen LogP contribution < -0.4 is 10.6 Å². The van der Waals surface area contributed by atoms with Crippen molar-refractivity contribution in [3.63, 3.8) is 0 Å². The number of amides is 2. The van der Waals surface area contributed by atoms with Crippen molar-refractivity contribution in [3.8, 4) is 11.1 Å². The number of rotatable bonds is 10. The molecule has 2 aromatic rings. The average Bonchev–Trinajstić information content (AvgIpc) is 3.10. The quantitative estimate of drug-likeness (QED) is 0.480. The van der Waals surface area contributed by atoms with Gasteiger partial charge >= 0.3 is 12.1 Å². The van der Waals surface area contributed by atoms with Crippen molar-refractivity contribution in [3.05, 3.63) is 59.7 Å². The predicted molar refractivity (Wildman–Crippen MR) is 122 cm³/mol. The van der Waals surface area contributed by atoms with E-state index in [1.807, 2.05) is 48.5 Å². The SMILES string of the molecule is CC(C)[C@H](CC(=O)NC(CC(F)F)C(=O)O)NC(=O)OCC1c2ccccc2-c2ccccc21. The fraction of sp³-hybridized carbons (Fsp3) is 0.400. The van der Waals surface area contributed by atoms with E-state index in [4.69, 9.17) is 9.84 Å². The number of alkyl halides is 2. The minimum atomic E-state index is -2.87. The first kappa shape index (κ1) is 25.1. The number of aliphatic carboxylic acids is 1. The van der Waals surface area contributed by atoms with E-state index in [1.54, 1.807) is 13.8 Å². The van der Waals surface area contributed by atoms with Crippen LogP contribution >= 0.6 is 0 Å². The van der Waals surface area contributed by atoms with E-state index in [-0.39, 0.29) is 24.9 Å². The van der Waals surface area contributed by atoms with Gasteiger partial charge in [-0.15, -0.1) is 0 Å². The van der Waals surface area contributed by atoms with Crippen LogP contribution in [0.25, 0.3) is 11.1 Å². The highest BCUT2D eigenvalue weighted by Gasteiger charge is 2.30. The van der Waals surface area contributed by atoms with Crippen molar-refractivity contribution < 1.29 is 33.0 Å². The predicted octanol–water partition coefficient (Wildman–Crippen LogP) is 4.16. The minimum Gasteiger partial charge on any atom is -0.480 e. The number of fused-ring (bicyclic) bond motifs is 3. The summed E-state index contributed by atoms with van der Waals surface area (Å²) in [6.45, 7) is 3.65. The first-order chi connectivity index (χ1) is 16.2. The molecule has 0 bridgehead atoms. The zero-order chi connectivity index (χ0) is 24.8. The van der Waals surface area contributed by atoms with Gasteiger partial charge in [0.2, 0.25) is 12.3 Å². The topological polar surface area (TPSA) is 105 Å². The second kappa shape index (κ2) is 11.1. The van der Waals surface area contributed by atoms with Gasteiger partial charge in [-0.2, -0.15) is 0 Å². The number of ether oxygens (including phenoxy) is 1. The lowest BCUT2D eigenvalue weighted by Crippen LogP contribution is -2.47. The summed E-state index contributed by atoms with van der Waals surface area (Å²) >= 11 is 0. The standard InChI is InChI=1S/C25H28F2N2O5/c1-14(2)20(12-23(30)28-21(24(31)32)11-22(26)27)29-25(33)34-13-19-17-9-5-3-7-15(17)16-8-4-6-10-18(16)19/h3-10,14,19-22H,11-13H2,1-2H3,(H,28,30)(H,29,33)(H,31,32)/t20-,21?/m0/s1. The molecule has 2 amide bonds. The van der Waals surface area contributed by atoms with E-state index in [1.165, 1.54) is 0 Å². The third-order valence-electron chi connectivity index (χ3n) is 5.90. The average molecular weight is 475 g/mol. The highest BCUT2D eigenvalue weighted by atomic mass is 19.3. The number of carboxylic acids is 1. The highest BCUT2D eigenvalue weighted by molar-refractivity contribution is 5.84. The smallest absolute Gasteiger partial charge is 0.407 e. The third-order valence-corrected chi connectivity index (χ3v) is 5.90. The molecule has 182 valence electrons. The van der Waals surface area contributed by atoms with Crippen LogP contribution in [0.2, 0.25) is 0 Å². The highest BCUT2D eigenvalue weighted by Crippen LogP contribution is 2.44. The maximum atomic E-state index is 12.6. The van der Waals surface area contributed by atoms with Gasteiger partial charge in [-0.05, 0) is 28.2 Å². The zero-order valence-corrected chi connectivity index (χ0v) is 19.0. The third kappa shape index (κ3) is 6.09. The summed E-state index contributed by atoms with van der Waals surface area (Å²) in [6.07, 6.45) is -4.85. The summed E-state index contributed by atoms with van der Waals surface area (Å²) < 4.78 is 30.6. The first-order valence-electron chi connectivity index (χ1n) is 11.1. The van der Waals surface area contributed by atoms with Gasteiger partial charge in [-0.25, -0.2) is 18.4 Å². The molecule has 9 heteroatoms. The molecular formula is C25H28F2N2O5. The number of alkyl carbamates (subject to hydrolysis) is 1. The number of carbonyl (C=O) groups excluding carboxylic acids is 2. The lowest BCUT2D eigenvalue weighted by molar-refractivity contribution is -0.143. The molecule has 3 rings (SSSR count). The van der Waals surface area contributed by atoms with Gasteiger partial charge in [0.15, 0.2) is 0 Å². The Morgan fingerprint density at radius 2 is 1.53 bits per heavy atom. The van der Waals surface area contributed by atoms with Crippen LogP contribution in [0.4, 0.5) is 13.6 Å². The van der Waals surface area contributed by atoms with Crippen LogP contribution in [0, 0.1) is 5.92 Å². The molecule has 7 nitrogen and oxygen atoms in total. The van der Waals surface area contributed by atoms with Crippen molar-refractivity contribution in [1.29, 1.82) is 0 Å². The van der Waals surface area contributed by atoms with Gasteiger partial charge < -0.3 is 20.5 Å². The largest absolute Gasteiger partial charge is 0.480 e. The molecule has 0 saturated carbocycles. The molecule has 0 spiro atoms. The van der Waals surface area contributed by atoms with Crippen molar-refractivity contribution in [2.24, 2.45) is 5.92 Å². The zero-order valence-electron chi connectivity index (χ0n) is 19.0. The number of halogens is 2. The summed E-state index contributed by atoms with van der Waals surface area (Å²) in [5.41, 5.74) is 4.33. The molecule has 0 aliphatic heterocycles. The van der Waals surface area contributed by atoms with Crippen molar-refractivity contribution in [2.75, 3.05) is 6.61 Å². The number of nitrogens with one attached hydrogen (secondary N) is 2. The molecule has 3 N–H and O–H groups in total. The van der Waals surface area contributed by atoms with Crippen molar-refractivity contribution >= 4 is 18.0 Å². The van der Waals surface area contributed by atoms with Gasteiger partial charge in [0, 0.05) is 24.8 Å². The molecule has 1 aliphatic carbocycles. The summed E-state index contributed by atoms with van der Waals surface area (Å²) in [4.78, 5) is 35.9. The Balaban J connectivity index is 1.59. The molecule has 1 unspecified atom stereocenters. The second-order valence-corrected chi connectivity index (χ2v) is 8.61. The normalized spacial score (nSPS) is 14.3. The van der Waals surface area contributed by atoms with Gasteiger partial charge in [-0.1, -0.05) is 62.4 Å². The Kier molecular flexibility index (Phi) is 8.20. The molecule has 2 aromatic carbocycles. The Labute approximate surface area is 196 Å². The lowest BCUT2D eigenvalue weighted by atomic mass is 9.98. The molecule has 0 radical (unpaired) electrons. The summed E-state index contributed by atoms with van der Waals surface area (Å²) in [5, 5.41) is 13.8. The maximum Gasteiger partial charge on any atom is 0.407 e. The van der Waals surface area contributed by atoms with Crippen molar-refractivity contribution in [2.45, 2.75) is 51.1 Å². The Morgan fingerprint density at radius 1 is 0.971 bits per heavy atom. The van der Waals surface area contributed by atoms with Crippen LogP contribution in [0.15, 0.2) is 48.5 Å². The van der Waals surface area contributed by atoms with Crippen LogP contribution in [0.5, 0.6) is 0 Å². The van der Waals surface area contributed by atoms with Crippen LogP contribution in [-0.2, 0) is 14.3 Å². The van der Waals surface area contributed by atoms with Crippen LogP contribution in [0.1, 0.15) is 43.7 Å². The van der Waals surface area contributed by atoms with Gasteiger partial charge in [-0.3, -0.25) is 4.79 Å². The number of carboxylic acid groups (broad SMARTS) is 1. The lowest BCUT2D eigenvalue weighted by Gasteiger charge is -2.23. The number of hydrogen-bond acceptors (Lipinski definition) is 4. The van der Waals surface area contributed by atoms with Gasteiger partial charge in [0.25, 0.3) is 0 Å². The van der Waals surface area contributed by atoms with Crippen LogP contribution in [-0.4, -0.2) is 48.2 Å². The van der Waals surface area contributed by atoms with Gasteiger partial charge in [0.05, 0.1) is 0 Å². The monoisotopic (exact) mass is 474 g/mol. The Morgan fingerprint density at radius 3 is 2.03 bits per heavy atom. The van der Waals surface area contributed by atoms with E-state index >= 15 is 0 Å². The maximum absolute atomic E-state index is 12.6. The van der Waals surface area contributed by atoms with Gasteiger partial charge in [0.1, 0.15) is 12.6 Å². The van der Waals surface area contributed by atoms with E-state index in [9.17, 15) is 23.2 Å².